The van der Waals surface area contributed by atoms with Gasteiger partial charge in [-0.05, 0) is 57.8 Å². The summed E-state index contributed by atoms with van der Waals surface area (Å²) in [6.07, 6.45) is 0. The molecule has 2 aliphatic rings. The normalized spacial score (nSPS) is 29.7. The second-order valence-corrected chi connectivity index (χ2v) is 8.11. The van der Waals surface area contributed by atoms with E-state index in [9.17, 15) is 0 Å². The molecule has 6 heteroatoms. The number of rotatable bonds is 2. The van der Waals surface area contributed by atoms with Crippen LogP contribution in [0, 0.1) is 0 Å². The van der Waals surface area contributed by atoms with E-state index in [4.69, 9.17) is 25.6 Å². The second kappa shape index (κ2) is 5.75. The minimum absolute atomic E-state index is 0.248. The van der Waals surface area contributed by atoms with E-state index in [-0.39, 0.29) is 16.7 Å². The molecule has 126 valence electrons. The van der Waals surface area contributed by atoms with E-state index in [0.29, 0.717) is 11.6 Å². The van der Waals surface area contributed by atoms with Crippen molar-refractivity contribution in [2.24, 2.45) is 0 Å². The lowest BCUT2D eigenvalue weighted by Crippen LogP contribution is -2.50. The Morgan fingerprint density at radius 3 is 2.26 bits per heavy atom. The van der Waals surface area contributed by atoms with Crippen molar-refractivity contribution in [1.29, 1.82) is 0 Å². The van der Waals surface area contributed by atoms with Gasteiger partial charge in [0.1, 0.15) is 0 Å². The molecule has 0 aliphatic carbocycles. The first-order valence-electron chi connectivity index (χ1n) is 8.12. The molecule has 1 aromatic carbocycles. The zero-order valence-corrected chi connectivity index (χ0v) is 15.3. The summed E-state index contributed by atoms with van der Waals surface area (Å²) in [6, 6.07) is 6.01. The minimum Gasteiger partial charge on any atom is -0.399 e. The summed E-state index contributed by atoms with van der Waals surface area (Å²) in [4.78, 5) is 0. The van der Waals surface area contributed by atoms with Crippen molar-refractivity contribution >= 4 is 24.2 Å². The first-order valence-corrected chi connectivity index (χ1v) is 8.50. The van der Waals surface area contributed by atoms with Crippen molar-refractivity contribution < 1.29 is 14.0 Å². The number of halogens is 1. The zero-order chi connectivity index (χ0) is 16.9. The third-order valence-corrected chi connectivity index (χ3v) is 5.45. The van der Waals surface area contributed by atoms with E-state index in [2.05, 4.69) is 46.0 Å². The van der Waals surface area contributed by atoms with Crippen LogP contribution in [0.15, 0.2) is 18.2 Å². The molecule has 4 nitrogen and oxygen atoms in total. The molecule has 2 aliphatic heterocycles. The standard InChI is InChI=1S/C17H25BClNO3/c1-15(2)16(3,4)23-18(22-15)13-8-12(9-14(19)10-13)17(5)11-21-7-6-20-17/h8-10,20H,6-7,11H2,1-5H3. The highest BCUT2D eigenvalue weighted by molar-refractivity contribution is 6.62. The van der Waals surface area contributed by atoms with Crippen molar-refractivity contribution in [3.8, 4) is 0 Å². The lowest BCUT2D eigenvalue weighted by molar-refractivity contribution is 0.00578. The van der Waals surface area contributed by atoms with Crippen LogP contribution in [0.3, 0.4) is 0 Å². The molecule has 3 rings (SSSR count). The van der Waals surface area contributed by atoms with Crippen molar-refractivity contribution in [1.82, 2.24) is 5.32 Å². The van der Waals surface area contributed by atoms with Crippen molar-refractivity contribution in [2.45, 2.75) is 51.4 Å². The molecular weight excluding hydrogens is 312 g/mol. The first-order chi connectivity index (χ1) is 10.6. The van der Waals surface area contributed by atoms with E-state index in [1.165, 1.54) is 0 Å². The van der Waals surface area contributed by atoms with Gasteiger partial charge in [0.05, 0.1) is 30.0 Å². The number of hydrogen-bond acceptors (Lipinski definition) is 4. The van der Waals surface area contributed by atoms with Gasteiger partial charge < -0.3 is 19.4 Å². The predicted molar refractivity (Wildman–Crippen MR) is 93.3 cm³/mol. The third kappa shape index (κ3) is 3.18. The van der Waals surface area contributed by atoms with Gasteiger partial charge in [-0.1, -0.05) is 17.7 Å². The largest absolute Gasteiger partial charge is 0.494 e. The number of ether oxygens (including phenoxy) is 1. The van der Waals surface area contributed by atoms with Crippen LogP contribution in [0.25, 0.3) is 0 Å². The molecule has 2 fully saturated rings. The Balaban J connectivity index is 1.93. The number of benzene rings is 1. The molecule has 0 spiro atoms. The topological polar surface area (TPSA) is 39.7 Å². The minimum atomic E-state index is -0.412. The maximum absolute atomic E-state index is 6.37. The molecule has 0 radical (unpaired) electrons. The summed E-state index contributed by atoms with van der Waals surface area (Å²) in [5, 5.41) is 4.21. The van der Waals surface area contributed by atoms with Crippen LogP contribution in [0.2, 0.25) is 5.02 Å². The van der Waals surface area contributed by atoms with Gasteiger partial charge in [0, 0.05) is 11.6 Å². The van der Waals surface area contributed by atoms with E-state index in [1.54, 1.807) is 0 Å². The SMILES string of the molecule is CC1(c2cc(Cl)cc(B3OC(C)(C)C(C)(C)O3)c2)COCCN1. The molecule has 23 heavy (non-hydrogen) atoms. The van der Waals surface area contributed by atoms with Gasteiger partial charge in [0.25, 0.3) is 0 Å². The highest BCUT2D eigenvalue weighted by Crippen LogP contribution is 2.37. The van der Waals surface area contributed by atoms with Gasteiger partial charge in [-0.3, -0.25) is 0 Å². The Bertz CT molecular complexity index is 584. The summed E-state index contributed by atoms with van der Waals surface area (Å²) in [7, 11) is -0.412. The highest BCUT2D eigenvalue weighted by atomic mass is 35.5. The van der Waals surface area contributed by atoms with Gasteiger partial charge in [-0.2, -0.15) is 0 Å². The monoisotopic (exact) mass is 337 g/mol. The summed E-state index contributed by atoms with van der Waals surface area (Å²) >= 11 is 6.37. The molecule has 0 saturated carbocycles. The fraction of sp³-hybridized carbons (Fsp3) is 0.647. The Morgan fingerprint density at radius 1 is 1.04 bits per heavy atom. The predicted octanol–water partition coefficient (Wildman–Crippen LogP) is 2.47. The van der Waals surface area contributed by atoms with E-state index >= 15 is 0 Å². The van der Waals surface area contributed by atoms with Crippen LogP contribution in [0.5, 0.6) is 0 Å². The van der Waals surface area contributed by atoms with E-state index < -0.39 is 7.12 Å². The molecule has 1 atom stereocenters. The zero-order valence-electron chi connectivity index (χ0n) is 14.5. The maximum Gasteiger partial charge on any atom is 0.494 e. The van der Waals surface area contributed by atoms with Crippen LogP contribution < -0.4 is 10.8 Å². The lowest BCUT2D eigenvalue weighted by Gasteiger charge is -2.35. The Labute approximate surface area is 144 Å². The number of morpholine rings is 1. The van der Waals surface area contributed by atoms with Crippen molar-refractivity contribution in [3.63, 3.8) is 0 Å². The molecule has 0 bridgehead atoms. The van der Waals surface area contributed by atoms with Crippen LogP contribution in [0.4, 0.5) is 0 Å². The van der Waals surface area contributed by atoms with Crippen LogP contribution in [-0.2, 0) is 19.6 Å². The fourth-order valence-corrected chi connectivity index (χ4v) is 3.20. The van der Waals surface area contributed by atoms with Crippen LogP contribution >= 0.6 is 11.6 Å². The van der Waals surface area contributed by atoms with Crippen molar-refractivity contribution in [2.75, 3.05) is 19.8 Å². The summed E-state index contributed by atoms with van der Waals surface area (Å²) in [5.41, 5.74) is 1.06. The van der Waals surface area contributed by atoms with Gasteiger partial charge in [0.15, 0.2) is 0 Å². The van der Waals surface area contributed by atoms with Gasteiger partial charge in [0.2, 0.25) is 0 Å². The van der Waals surface area contributed by atoms with Crippen molar-refractivity contribution in [3.05, 3.63) is 28.8 Å². The van der Waals surface area contributed by atoms with Gasteiger partial charge in [-0.25, -0.2) is 0 Å². The first kappa shape index (κ1) is 17.2. The quantitative estimate of drug-likeness (QED) is 0.842. The van der Waals surface area contributed by atoms with E-state index in [0.717, 1.165) is 24.2 Å². The van der Waals surface area contributed by atoms with E-state index in [1.807, 2.05) is 12.1 Å². The number of hydrogen-bond donors (Lipinski definition) is 1. The molecule has 1 aromatic rings. The molecule has 1 N–H and O–H groups in total. The Hall–Kier alpha value is -0.585. The molecule has 2 heterocycles. The smallest absolute Gasteiger partial charge is 0.399 e. The second-order valence-electron chi connectivity index (χ2n) is 7.67. The highest BCUT2D eigenvalue weighted by Gasteiger charge is 2.52. The Kier molecular flexibility index (Phi) is 4.31. The maximum atomic E-state index is 6.37. The molecule has 1 unspecified atom stereocenters. The molecule has 0 aromatic heterocycles. The summed E-state index contributed by atoms with van der Waals surface area (Å²) < 4.78 is 17.9. The molecule has 0 amide bonds. The third-order valence-electron chi connectivity index (χ3n) is 5.23. The average molecular weight is 338 g/mol. The fourth-order valence-electron chi connectivity index (χ4n) is 2.96. The lowest BCUT2D eigenvalue weighted by atomic mass is 9.76. The number of nitrogens with one attached hydrogen (secondary N) is 1. The molecular formula is C17H25BClNO3. The van der Waals surface area contributed by atoms with Gasteiger partial charge >= 0.3 is 7.12 Å². The summed E-state index contributed by atoms with van der Waals surface area (Å²) in [5.74, 6) is 0. The molecule has 2 saturated heterocycles. The van der Waals surface area contributed by atoms with Crippen LogP contribution in [0.1, 0.15) is 40.2 Å². The average Bonchev–Trinajstić information content (AvgIpc) is 2.68. The Morgan fingerprint density at radius 2 is 1.70 bits per heavy atom. The van der Waals surface area contributed by atoms with Crippen LogP contribution in [-0.4, -0.2) is 38.1 Å². The summed E-state index contributed by atoms with van der Waals surface area (Å²) in [6.45, 7) is 12.5. The van der Waals surface area contributed by atoms with Gasteiger partial charge in [-0.15, -0.1) is 0 Å².